The molecule has 0 spiro atoms. The van der Waals surface area contributed by atoms with Crippen LogP contribution in [0.3, 0.4) is 0 Å². The molecule has 9 nitrogen and oxygen atoms in total. The molecular weight excluding hydrogens is 494 g/mol. The molecule has 10 heteroatoms. The summed E-state index contributed by atoms with van der Waals surface area (Å²) >= 11 is 0. The van der Waals surface area contributed by atoms with Crippen LogP contribution in [0.5, 0.6) is 11.5 Å². The quantitative estimate of drug-likeness (QED) is 0.412. The molecule has 4 aromatic rings. The molecule has 6 rings (SSSR count). The van der Waals surface area contributed by atoms with Gasteiger partial charge >= 0.3 is 0 Å². The van der Waals surface area contributed by atoms with Crippen LogP contribution in [-0.4, -0.2) is 59.5 Å². The Morgan fingerprint density at radius 1 is 1.05 bits per heavy atom. The van der Waals surface area contributed by atoms with Gasteiger partial charge in [-0.15, -0.1) is 0 Å². The molecule has 2 aliphatic heterocycles. The number of nitrogens with zero attached hydrogens (tertiary/aromatic N) is 3. The summed E-state index contributed by atoms with van der Waals surface area (Å²) < 4.78 is 40.4. The second-order valence-electron chi connectivity index (χ2n) is 8.88. The number of rotatable bonds is 4. The molecule has 37 heavy (non-hydrogen) atoms. The normalized spacial score (nSPS) is 17.3. The van der Waals surface area contributed by atoms with E-state index in [1.165, 1.54) is 10.4 Å². The summed E-state index contributed by atoms with van der Waals surface area (Å²) in [6.45, 7) is 1.43. The van der Waals surface area contributed by atoms with Gasteiger partial charge in [0, 0.05) is 43.5 Å². The number of phenolic OH excluding ortho intramolecular Hbond substituents is 1. The van der Waals surface area contributed by atoms with Crippen molar-refractivity contribution in [2.24, 2.45) is 7.05 Å². The Morgan fingerprint density at radius 2 is 1.81 bits per heavy atom. The third-order valence-corrected chi connectivity index (χ3v) is 8.53. The van der Waals surface area contributed by atoms with Crippen LogP contribution in [-0.2, 0) is 21.8 Å². The number of hydrogen-bond donors (Lipinski definition) is 1. The Hall–Kier alpha value is -3.99. The number of Topliss-reactive ketones (excluding diaryl/α,β-unsaturated/α-hetero) is 1. The maximum Gasteiger partial charge on any atom is 0.243 e. The smallest absolute Gasteiger partial charge is 0.243 e. The van der Waals surface area contributed by atoms with E-state index in [9.17, 15) is 18.3 Å². The summed E-state index contributed by atoms with van der Waals surface area (Å²) in [5, 5.41) is 10.9. The number of phenols is 1. The van der Waals surface area contributed by atoms with Crippen molar-refractivity contribution < 1.29 is 27.8 Å². The lowest BCUT2D eigenvalue weighted by molar-refractivity contribution is 0.0730. The molecule has 0 atom stereocenters. The number of hydrogen-bond acceptors (Lipinski definition) is 7. The molecule has 1 fully saturated rings. The van der Waals surface area contributed by atoms with Gasteiger partial charge in [-0.2, -0.15) is 4.31 Å². The number of sulfonamides is 1. The van der Waals surface area contributed by atoms with E-state index in [2.05, 4.69) is 4.98 Å². The fraction of sp³-hybridized carbons (Fsp3) is 0.185. The van der Waals surface area contributed by atoms with Crippen LogP contribution in [0, 0.1) is 0 Å². The summed E-state index contributed by atoms with van der Waals surface area (Å²) in [5.41, 5.74) is 3.18. The number of carbonyl (C=O) groups excluding carboxylic acids is 1. The lowest BCUT2D eigenvalue weighted by atomic mass is 10.0. The molecule has 1 N–H and O–H groups in total. The summed E-state index contributed by atoms with van der Waals surface area (Å²) in [5.74, 6) is -0.107. The van der Waals surface area contributed by atoms with E-state index < -0.39 is 15.8 Å². The van der Waals surface area contributed by atoms with Crippen LogP contribution in [0.2, 0.25) is 0 Å². The summed E-state index contributed by atoms with van der Waals surface area (Å²) in [6.07, 6.45) is 5.19. The van der Waals surface area contributed by atoms with Crippen LogP contribution in [0.25, 0.3) is 28.2 Å². The first-order valence-electron chi connectivity index (χ1n) is 11.7. The van der Waals surface area contributed by atoms with Crippen LogP contribution < -0.4 is 4.74 Å². The van der Waals surface area contributed by atoms with Crippen molar-refractivity contribution in [3.05, 3.63) is 77.8 Å². The minimum absolute atomic E-state index is 0.103. The largest absolute Gasteiger partial charge is 0.507 e. The molecule has 1 saturated heterocycles. The van der Waals surface area contributed by atoms with E-state index in [1.807, 2.05) is 23.9 Å². The predicted molar refractivity (Wildman–Crippen MR) is 137 cm³/mol. The molecule has 0 radical (unpaired) electrons. The minimum atomic E-state index is -3.61. The maximum absolute atomic E-state index is 13.0. The summed E-state index contributed by atoms with van der Waals surface area (Å²) in [4.78, 5) is 17.7. The van der Waals surface area contributed by atoms with Crippen molar-refractivity contribution in [2.75, 3.05) is 26.3 Å². The Labute approximate surface area is 213 Å². The van der Waals surface area contributed by atoms with Gasteiger partial charge < -0.3 is 19.1 Å². The maximum atomic E-state index is 13.0. The predicted octanol–water partition coefficient (Wildman–Crippen LogP) is 3.58. The lowest BCUT2D eigenvalue weighted by Crippen LogP contribution is -2.40. The third-order valence-electron chi connectivity index (χ3n) is 6.62. The molecule has 0 amide bonds. The van der Waals surface area contributed by atoms with Gasteiger partial charge in [0.2, 0.25) is 15.8 Å². The van der Waals surface area contributed by atoms with Crippen molar-refractivity contribution in [1.29, 1.82) is 0 Å². The number of ether oxygens (including phenoxy) is 2. The first-order chi connectivity index (χ1) is 17.8. The van der Waals surface area contributed by atoms with E-state index in [-0.39, 0.29) is 22.0 Å². The molecule has 0 unspecified atom stereocenters. The van der Waals surface area contributed by atoms with Crippen LogP contribution in [0.4, 0.5) is 0 Å². The van der Waals surface area contributed by atoms with E-state index in [0.717, 1.165) is 16.5 Å². The van der Waals surface area contributed by atoms with E-state index in [0.29, 0.717) is 43.3 Å². The van der Waals surface area contributed by atoms with Gasteiger partial charge in [-0.25, -0.2) is 13.4 Å². The number of aromatic hydroxyl groups is 1. The highest BCUT2D eigenvalue weighted by Gasteiger charge is 2.31. The van der Waals surface area contributed by atoms with Crippen LogP contribution in [0.1, 0.15) is 15.9 Å². The number of ketones is 1. The molecule has 188 valence electrons. The Kier molecular flexibility index (Phi) is 5.59. The Bertz CT molecular complexity index is 1680. The number of aromatic nitrogens is 2. The van der Waals surface area contributed by atoms with Crippen molar-refractivity contribution in [3.63, 3.8) is 0 Å². The van der Waals surface area contributed by atoms with Gasteiger partial charge in [-0.05, 0) is 47.5 Å². The van der Waals surface area contributed by atoms with Gasteiger partial charge in [0.25, 0.3) is 0 Å². The second-order valence-corrected chi connectivity index (χ2v) is 10.8. The topological polar surface area (TPSA) is 111 Å². The van der Waals surface area contributed by atoms with Gasteiger partial charge in [-0.1, -0.05) is 18.2 Å². The van der Waals surface area contributed by atoms with E-state index >= 15 is 0 Å². The highest BCUT2D eigenvalue weighted by molar-refractivity contribution is 7.89. The van der Waals surface area contributed by atoms with Crippen molar-refractivity contribution in [1.82, 2.24) is 13.9 Å². The number of fused-ring (bicyclic) bond motifs is 2. The molecule has 2 aromatic heterocycles. The Balaban J connectivity index is 1.40. The standard InChI is InChI=1S/C27H23N3O6S/c1-29-16-18(15-23-26(32)25-21(31)3-2-4-22(25)36-23)24-20(9-10-28-27(24)29)17-5-7-19(8-6-17)37(33,34)30-11-13-35-14-12-30/h2-10,15-16,31H,11-14H2,1H3/b23-15-. The number of pyridine rings is 1. The van der Waals surface area contributed by atoms with E-state index in [1.54, 1.807) is 48.7 Å². The fourth-order valence-corrected chi connectivity index (χ4v) is 6.19. The average Bonchev–Trinajstić information content (AvgIpc) is 3.41. The zero-order valence-corrected chi connectivity index (χ0v) is 20.7. The molecule has 2 aliphatic rings. The summed E-state index contributed by atoms with van der Waals surface area (Å²) in [7, 11) is -1.75. The van der Waals surface area contributed by atoms with Crippen molar-refractivity contribution >= 4 is 32.9 Å². The lowest BCUT2D eigenvalue weighted by Gasteiger charge is -2.26. The number of allylic oxidation sites excluding steroid dienone is 1. The zero-order valence-electron chi connectivity index (χ0n) is 19.9. The first-order valence-corrected chi connectivity index (χ1v) is 13.2. The van der Waals surface area contributed by atoms with Gasteiger partial charge in [0.15, 0.2) is 5.76 Å². The number of morpholine rings is 1. The molecule has 0 aliphatic carbocycles. The number of benzene rings is 2. The SMILES string of the molecule is Cn1cc(/C=C2\Oc3cccc(O)c3C2=O)c2c(-c3ccc(S(=O)(=O)N4CCOCC4)cc3)ccnc21. The molecular formula is C27H23N3O6S. The fourth-order valence-electron chi connectivity index (χ4n) is 4.79. The van der Waals surface area contributed by atoms with Crippen molar-refractivity contribution in [2.45, 2.75) is 4.90 Å². The van der Waals surface area contributed by atoms with Gasteiger partial charge in [0.05, 0.1) is 18.1 Å². The second kappa shape index (κ2) is 8.84. The number of carbonyl (C=O) groups is 1. The highest BCUT2D eigenvalue weighted by atomic mass is 32.2. The number of aryl methyl sites for hydroxylation is 1. The zero-order chi connectivity index (χ0) is 25.7. The third kappa shape index (κ3) is 3.90. The van der Waals surface area contributed by atoms with Gasteiger partial charge in [-0.3, -0.25) is 4.79 Å². The Morgan fingerprint density at radius 3 is 2.54 bits per heavy atom. The van der Waals surface area contributed by atoms with Gasteiger partial charge in [0.1, 0.15) is 22.7 Å². The van der Waals surface area contributed by atoms with E-state index in [4.69, 9.17) is 9.47 Å². The van der Waals surface area contributed by atoms with Crippen molar-refractivity contribution in [3.8, 4) is 22.6 Å². The monoisotopic (exact) mass is 517 g/mol. The summed E-state index contributed by atoms with van der Waals surface area (Å²) in [6, 6.07) is 13.3. The molecule has 4 heterocycles. The highest BCUT2D eigenvalue weighted by Crippen LogP contribution is 2.39. The molecule has 0 saturated carbocycles. The minimum Gasteiger partial charge on any atom is -0.507 e. The van der Waals surface area contributed by atoms with Crippen LogP contribution >= 0.6 is 0 Å². The first kappa shape index (κ1) is 23.4. The van der Waals surface area contributed by atoms with Crippen LogP contribution in [0.15, 0.2) is 71.6 Å². The average molecular weight is 518 g/mol. The molecule has 0 bridgehead atoms. The molecule has 2 aromatic carbocycles.